The van der Waals surface area contributed by atoms with Crippen LogP contribution in [-0.2, 0) is 0 Å². The molecule has 0 saturated heterocycles. The maximum absolute atomic E-state index is 4.32. The Morgan fingerprint density at radius 2 is 2.17 bits per heavy atom. The number of rotatable bonds is 2. The lowest BCUT2D eigenvalue weighted by molar-refractivity contribution is 1.07. The van der Waals surface area contributed by atoms with E-state index in [-0.39, 0.29) is 0 Å². The molecule has 0 bridgehead atoms. The van der Waals surface area contributed by atoms with Crippen molar-refractivity contribution in [3.63, 3.8) is 0 Å². The van der Waals surface area contributed by atoms with E-state index in [1.165, 1.54) is 12.5 Å². The Morgan fingerprint density at radius 1 is 1.67 bits per heavy atom. The van der Waals surface area contributed by atoms with Crippen molar-refractivity contribution < 1.29 is 0 Å². The van der Waals surface area contributed by atoms with Gasteiger partial charge in [-0.1, -0.05) is 25.9 Å². The van der Waals surface area contributed by atoms with Gasteiger partial charge in [0, 0.05) is 0 Å². The van der Waals surface area contributed by atoms with E-state index in [1.54, 1.807) is 0 Å². The molecule has 1 unspecified atom stereocenters. The van der Waals surface area contributed by atoms with Crippen LogP contribution in [0, 0.1) is 0 Å². The molecule has 0 nitrogen and oxygen atoms in total. The summed E-state index contributed by atoms with van der Waals surface area (Å²) in [6.45, 7) is 4.46. The first kappa shape index (κ1) is 6.57. The van der Waals surface area contributed by atoms with Gasteiger partial charge in [-0.2, -0.15) is 0 Å². The largest absolute Gasteiger partial charge is 0.206 e. The molecule has 0 aliphatic carbocycles. The predicted molar refractivity (Wildman–Crippen MR) is 37.1 cm³/mol. The summed E-state index contributed by atoms with van der Waals surface area (Å²) in [5.74, 6) is 0. The topological polar surface area (TPSA) is 0 Å². The molecule has 2 heteroatoms. The van der Waals surface area contributed by atoms with Crippen LogP contribution in [0.2, 0.25) is 12.6 Å². The third-order valence-corrected chi connectivity index (χ3v) is 2.89. The quantitative estimate of drug-likeness (QED) is 0.416. The van der Waals surface area contributed by atoms with Crippen molar-refractivity contribution in [1.29, 1.82) is 0 Å². The van der Waals surface area contributed by atoms with Gasteiger partial charge in [0.1, 0.15) is 0 Å². The average molecular weight is 120 g/mol. The number of hydrogen-bond donors (Lipinski definition) is 1. The van der Waals surface area contributed by atoms with E-state index in [4.69, 9.17) is 0 Å². The lowest BCUT2D eigenvalue weighted by atomic mass is 10.6. The molecule has 0 amide bonds. The Morgan fingerprint density at radius 3 is 2.17 bits per heavy atom. The SMILES string of the molecule is CCC[SiH](C)S. The fraction of sp³-hybridized carbons (Fsp3) is 1.00. The van der Waals surface area contributed by atoms with Crippen LogP contribution < -0.4 is 0 Å². The zero-order valence-corrected chi connectivity index (χ0v) is 6.49. The van der Waals surface area contributed by atoms with Crippen LogP contribution in [0.4, 0.5) is 0 Å². The maximum Gasteiger partial charge on any atom is 0.0941 e. The molecule has 0 saturated carbocycles. The summed E-state index contributed by atoms with van der Waals surface area (Å²) >= 11 is 4.32. The highest BCUT2D eigenvalue weighted by Gasteiger charge is 1.89. The minimum absolute atomic E-state index is 0.476. The van der Waals surface area contributed by atoms with E-state index in [1.807, 2.05) is 0 Å². The molecule has 0 aromatic heterocycles. The van der Waals surface area contributed by atoms with E-state index >= 15 is 0 Å². The number of hydrogen-bond acceptors (Lipinski definition) is 1. The minimum Gasteiger partial charge on any atom is -0.206 e. The molecular weight excluding hydrogens is 108 g/mol. The first-order chi connectivity index (χ1) is 2.77. The van der Waals surface area contributed by atoms with E-state index in [2.05, 4.69) is 25.5 Å². The Kier molecular flexibility index (Phi) is 4.10. The molecule has 0 heterocycles. The smallest absolute Gasteiger partial charge is 0.0941 e. The molecule has 0 aromatic carbocycles. The molecule has 0 spiro atoms. The van der Waals surface area contributed by atoms with Crippen molar-refractivity contribution >= 4 is 20.0 Å². The zero-order chi connectivity index (χ0) is 4.99. The summed E-state index contributed by atoms with van der Waals surface area (Å²) in [5, 5.41) is 0. The van der Waals surface area contributed by atoms with Gasteiger partial charge in [0.2, 0.25) is 0 Å². The van der Waals surface area contributed by atoms with Gasteiger partial charge in [0.15, 0.2) is 0 Å². The first-order valence-electron chi connectivity index (χ1n) is 2.45. The average Bonchev–Trinajstić information content (AvgIpc) is 1.35. The summed E-state index contributed by atoms with van der Waals surface area (Å²) in [4.78, 5) is 0. The third-order valence-electron chi connectivity index (χ3n) is 0.706. The highest BCUT2D eigenvalue weighted by atomic mass is 32.3. The minimum atomic E-state index is -0.476. The molecule has 0 fully saturated rings. The molecule has 0 aliphatic rings. The van der Waals surface area contributed by atoms with Crippen LogP contribution in [0.15, 0.2) is 0 Å². The predicted octanol–water partition coefficient (Wildman–Crippen LogP) is 1.68. The molecule has 6 heavy (non-hydrogen) atoms. The molecular formula is C4H12SSi. The molecule has 0 rings (SSSR count). The lowest BCUT2D eigenvalue weighted by Crippen LogP contribution is -1.91. The fourth-order valence-corrected chi connectivity index (χ4v) is 2.03. The monoisotopic (exact) mass is 120 g/mol. The molecule has 0 N–H and O–H groups in total. The maximum atomic E-state index is 4.32. The van der Waals surface area contributed by atoms with Crippen molar-refractivity contribution in [2.45, 2.75) is 25.9 Å². The van der Waals surface area contributed by atoms with Crippen LogP contribution >= 0.6 is 12.1 Å². The van der Waals surface area contributed by atoms with Gasteiger partial charge in [-0.25, -0.2) is 12.1 Å². The Balaban J connectivity index is 2.63. The van der Waals surface area contributed by atoms with Gasteiger partial charge in [0.05, 0.1) is 7.95 Å². The highest BCUT2D eigenvalue weighted by molar-refractivity contribution is 8.10. The van der Waals surface area contributed by atoms with E-state index in [0.717, 1.165) is 0 Å². The van der Waals surface area contributed by atoms with Crippen molar-refractivity contribution in [2.75, 3.05) is 0 Å². The Labute approximate surface area is 46.6 Å². The summed E-state index contributed by atoms with van der Waals surface area (Å²) in [7, 11) is -0.476. The zero-order valence-electron chi connectivity index (χ0n) is 4.44. The van der Waals surface area contributed by atoms with Crippen molar-refractivity contribution in [3.8, 4) is 0 Å². The molecule has 0 aliphatic heterocycles. The molecule has 0 radical (unpaired) electrons. The fourth-order valence-electron chi connectivity index (χ4n) is 0.418. The second-order valence-electron chi connectivity index (χ2n) is 1.64. The van der Waals surface area contributed by atoms with Gasteiger partial charge in [-0.05, 0) is 0 Å². The Hall–Kier alpha value is 0.567. The Bertz CT molecular complexity index is 28.7. The standard InChI is InChI=1S/C4H12SSi/c1-3-4-6(2)5/h5-6H,3-4H2,1-2H3. The van der Waals surface area contributed by atoms with Crippen molar-refractivity contribution in [2.24, 2.45) is 0 Å². The second kappa shape index (κ2) is 3.75. The summed E-state index contributed by atoms with van der Waals surface area (Å²) < 4.78 is 0. The van der Waals surface area contributed by atoms with Crippen LogP contribution in [0.5, 0.6) is 0 Å². The van der Waals surface area contributed by atoms with Gasteiger partial charge in [-0.3, -0.25) is 0 Å². The first-order valence-corrected chi connectivity index (χ1v) is 6.49. The number of thiol groups is 1. The van der Waals surface area contributed by atoms with Crippen LogP contribution in [0.25, 0.3) is 0 Å². The van der Waals surface area contributed by atoms with Crippen molar-refractivity contribution in [1.82, 2.24) is 0 Å². The summed E-state index contributed by atoms with van der Waals surface area (Å²) in [5.41, 5.74) is 0. The van der Waals surface area contributed by atoms with E-state index < -0.39 is 7.95 Å². The lowest BCUT2D eigenvalue weighted by Gasteiger charge is -1.92. The van der Waals surface area contributed by atoms with Crippen LogP contribution in [-0.4, -0.2) is 7.95 Å². The van der Waals surface area contributed by atoms with Gasteiger partial charge >= 0.3 is 0 Å². The van der Waals surface area contributed by atoms with Crippen LogP contribution in [0.3, 0.4) is 0 Å². The molecule has 0 aromatic rings. The summed E-state index contributed by atoms with van der Waals surface area (Å²) in [6.07, 6.45) is 1.32. The summed E-state index contributed by atoms with van der Waals surface area (Å²) in [6, 6.07) is 1.38. The van der Waals surface area contributed by atoms with Crippen LogP contribution in [0.1, 0.15) is 13.3 Å². The molecule has 38 valence electrons. The van der Waals surface area contributed by atoms with E-state index in [0.29, 0.717) is 0 Å². The van der Waals surface area contributed by atoms with Gasteiger partial charge < -0.3 is 0 Å². The highest BCUT2D eigenvalue weighted by Crippen LogP contribution is 1.97. The second-order valence-corrected chi connectivity index (χ2v) is 6.56. The van der Waals surface area contributed by atoms with E-state index in [9.17, 15) is 0 Å². The normalized spacial score (nSPS) is 14.5. The van der Waals surface area contributed by atoms with Crippen molar-refractivity contribution in [3.05, 3.63) is 0 Å². The van der Waals surface area contributed by atoms with Gasteiger partial charge in [-0.15, -0.1) is 0 Å². The third kappa shape index (κ3) is 4.57. The van der Waals surface area contributed by atoms with Gasteiger partial charge in [0.25, 0.3) is 0 Å². The molecule has 1 atom stereocenters.